The number of carboxylic acid groups (broad SMARTS) is 1. The van der Waals surface area contributed by atoms with Crippen molar-refractivity contribution in [2.75, 3.05) is 18.0 Å². The molecule has 3 aliphatic rings. The van der Waals surface area contributed by atoms with Crippen LogP contribution in [0.4, 0.5) is 5.69 Å². The van der Waals surface area contributed by atoms with Crippen molar-refractivity contribution in [3.63, 3.8) is 0 Å². The number of fused-ring (bicyclic) bond motifs is 1. The van der Waals surface area contributed by atoms with Crippen LogP contribution >= 0.6 is 23.2 Å². The predicted octanol–water partition coefficient (Wildman–Crippen LogP) is 8.15. The Balaban J connectivity index is 1.14. The van der Waals surface area contributed by atoms with E-state index in [9.17, 15) is 9.90 Å². The van der Waals surface area contributed by atoms with Gasteiger partial charge in [0.05, 0.1) is 15.6 Å². The number of hydrogen-bond donors (Lipinski definition) is 1. The molecular weight excluding hydrogens is 533 g/mol. The Morgan fingerprint density at radius 2 is 1.79 bits per heavy atom. The molecule has 0 amide bonds. The van der Waals surface area contributed by atoms with E-state index in [-0.39, 0.29) is 11.1 Å². The minimum absolute atomic E-state index is 0.0814. The van der Waals surface area contributed by atoms with Crippen molar-refractivity contribution >= 4 is 51.3 Å². The van der Waals surface area contributed by atoms with E-state index in [1.54, 1.807) is 6.07 Å². The zero-order valence-corrected chi connectivity index (χ0v) is 23.0. The highest BCUT2D eigenvalue weighted by molar-refractivity contribution is 6.39. The van der Waals surface area contributed by atoms with Gasteiger partial charge in [0.2, 0.25) is 0 Å². The van der Waals surface area contributed by atoms with Crippen LogP contribution in [0.5, 0.6) is 0 Å². The summed E-state index contributed by atoms with van der Waals surface area (Å²) >= 11 is 13.1. The summed E-state index contributed by atoms with van der Waals surface area (Å²) in [5.74, 6) is 0.404. The van der Waals surface area contributed by atoms with E-state index in [0.717, 1.165) is 84.4 Å². The van der Waals surface area contributed by atoms with Crippen LogP contribution < -0.4 is 4.90 Å². The summed E-state index contributed by atoms with van der Waals surface area (Å²) in [6.07, 6.45) is 7.83. The monoisotopic (exact) mass is 559 g/mol. The zero-order chi connectivity index (χ0) is 26.9. The molecule has 198 valence electrons. The van der Waals surface area contributed by atoms with Gasteiger partial charge in [-0.05, 0) is 92.0 Å². The van der Waals surface area contributed by atoms with Crippen LogP contribution in [0.1, 0.15) is 65.4 Å². The maximum absolute atomic E-state index is 11.4. The zero-order valence-electron chi connectivity index (χ0n) is 21.5. The summed E-state index contributed by atoms with van der Waals surface area (Å²) in [5.41, 5.74) is 6.95. The third-order valence-electron chi connectivity index (χ3n) is 8.55. The van der Waals surface area contributed by atoms with Crippen LogP contribution in [0.3, 0.4) is 0 Å². The molecule has 0 radical (unpaired) electrons. The number of nitrogens with zero attached hydrogens (tertiary/aromatic N) is 3. The highest BCUT2D eigenvalue weighted by Gasteiger charge is 2.44. The normalized spacial score (nSPS) is 18.3. The van der Waals surface area contributed by atoms with Gasteiger partial charge in [-0.2, -0.15) is 0 Å². The third-order valence-corrected chi connectivity index (χ3v) is 9.18. The van der Waals surface area contributed by atoms with E-state index in [2.05, 4.69) is 33.2 Å². The molecule has 3 heterocycles. The quantitative estimate of drug-likeness (QED) is 0.265. The standard InChI is InChI=1S/C31H27Cl2N3O3/c1-17-13-25(30(37)38)34-24-8-7-20(14-21(17)24)36-11-9-31(10-12-36)15-19(16-31)26-28(35-39-29(26)18-5-6-18)27-22(32)3-2-4-23(27)33/h2-4,7-8,13-15,18H,5-6,9-12,16H2,1H3,(H,37,38). The predicted molar refractivity (Wildman–Crippen MR) is 154 cm³/mol. The van der Waals surface area contributed by atoms with Gasteiger partial charge in [0, 0.05) is 41.2 Å². The molecule has 7 rings (SSSR count). The molecule has 1 saturated heterocycles. The molecule has 39 heavy (non-hydrogen) atoms. The maximum Gasteiger partial charge on any atom is 0.354 e. The SMILES string of the molecule is Cc1cc(C(=O)O)nc2ccc(N3CCC4(C=C(c5c(-c6c(Cl)cccc6Cl)noc5C5CC5)C4)CC3)cc12. The Morgan fingerprint density at radius 1 is 1.08 bits per heavy atom. The number of carboxylic acids is 1. The number of allylic oxidation sites excluding steroid dienone is 2. The van der Waals surface area contributed by atoms with Crippen molar-refractivity contribution in [3.05, 3.63) is 81.2 Å². The lowest BCUT2D eigenvalue weighted by Gasteiger charge is -2.47. The van der Waals surface area contributed by atoms with E-state index >= 15 is 0 Å². The lowest BCUT2D eigenvalue weighted by atomic mass is 9.63. The molecule has 6 nitrogen and oxygen atoms in total. The Bertz CT molecular complexity index is 1660. The number of aryl methyl sites for hydroxylation is 1. The van der Waals surface area contributed by atoms with Crippen molar-refractivity contribution in [2.45, 2.75) is 44.9 Å². The number of halogens is 2. The Labute approximate surface area is 236 Å². The molecular formula is C31H27Cl2N3O3. The first-order chi connectivity index (χ1) is 18.8. The molecule has 0 atom stereocenters. The van der Waals surface area contributed by atoms with Gasteiger partial charge in [-0.15, -0.1) is 0 Å². The van der Waals surface area contributed by atoms with Crippen LogP contribution in [0, 0.1) is 12.3 Å². The van der Waals surface area contributed by atoms with Crippen LogP contribution in [0.25, 0.3) is 27.7 Å². The van der Waals surface area contributed by atoms with E-state index < -0.39 is 5.97 Å². The minimum atomic E-state index is -1.00. The molecule has 1 N–H and O–H groups in total. The van der Waals surface area contributed by atoms with Crippen LogP contribution in [-0.4, -0.2) is 34.3 Å². The average Bonchev–Trinajstić information content (AvgIpc) is 3.66. The van der Waals surface area contributed by atoms with Crippen LogP contribution in [0.2, 0.25) is 10.0 Å². The summed E-state index contributed by atoms with van der Waals surface area (Å²) in [7, 11) is 0. The van der Waals surface area contributed by atoms with Gasteiger partial charge in [-0.3, -0.25) is 0 Å². The van der Waals surface area contributed by atoms with Crippen molar-refractivity contribution < 1.29 is 14.4 Å². The van der Waals surface area contributed by atoms with Crippen molar-refractivity contribution in [1.82, 2.24) is 10.1 Å². The second-order valence-electron chi connectivity index (χ2n) is 11.2. The molecule has 2 fully saturated rings. The van der Waals surface area contributed by atoms with E-state index in [1.165, 1.54) is 5.57 Å². The fourth-order valence-corrected chi connectivity index (χ4v) is 6.81. The number of anilines is 1. The van der Waals surface area contributed by atoms with Gasteiger partial charge in [0.15, 0.2) is 0 Å². The molecule has 4 aromatic rings. The van der Waals surface area contributed by atoms with Crippen molar-refractivity contribution in [3.8, 4) is 11.3 Å². The van der Waals surface area contributed by atoms with Gasteiger partial charge in [-0.25, -0.2) is 9.78 Å². The Morgan fingerprint density at radius 3 is 2.46 bits per heavy atom. The first-order valence-corrected chi connectivity index (χ1v) is 14.1. The first-order valence-electron chi connectivity index (χ1n) is 13.4. The molecule has 2 aromatic carbocycles. The molecule has 2 aliphatic carbocycles. The fourth-order valence-electron chi connectivity index (χ4n) is 6.23. The van der Waals surface area contributed by atoms with Crippen molar-refractivity contribution in [1.29, 1.82) is 0 Å². The summed E-state index contributed by atoms with van der Waals surface area (Å²) in [6, 6.07) is 13.3. The number of pyridine rings is 1. The van der Waals surface area contributed by atoms with Gasteiger partial charge >= 0.3 is 5.97 Å². The third kappa shape index (κ3) is 4.21. The summed E-state index contributed by atoms with van der Waals surface area (Å²) in [5, 5.41) is 16.0. The molecule has 8 heteroatoms. The van der Waals surface area contributed by atoms with Gasteiger partial charge in [0.25, 0.3) is 0 Å². The fraction of sp³-hybridized carbons (Fsp3) is 0.323. The summed E-state index contributed by atoms with van der Waals surface area (Å²) in [6.45, 7) is 3.85. The smallest absolute Gasteiger partial charge is 0.354 e. The highest BCUT2D eigenvalue weighted by atomic mass is 35.5. The number of piperidine rings is 1. The number of aromatic nitrogens is 2. The minimum Gasteiger partial charge on any atom is -0.477 e. The molecule has 0 unspecified atom stereocenters. The van der Waals surface area contributed by atoms with E-state index in [4.69, 9.17) is 27.7 Å². The second kappa shape index (κ2) is 9.10. The average molecular weight is 560 g/mol. The lowest BCUT2D eigenvalue weighted by molar-refractivity contribution is 0.0691. The number of carbonyl (C=O) groups is 1. The molecule has 1 saturated carbocycles. The lowest BCUT2D eigenvalue weighted by Crippen LogP contribution is -2.42. The Kier molecular flexibility index (Phi) is 5.76. The topological polar surface area (TPSA) is 79.5 Å². The van der Waals surface area contributed by atoms with E-state index in [1.807, 2.05) is 31.2 Å². The number of hydrogen-bond acceptors (Lipinski definition) is 5. The number of rotatable bonds is 5. The molecule has 2 aromatic heterocycles. The van der Waals surface area contributed by atoms with E-state index in [0.29, 0.717) is 21.5 Å². The maximum atomic E-state index is 11.4. The molecule has 0 bridgehead atoms. The van der Waals surface area contributed by atoms with Crippen molar-refractivity contribution in [2.24, 2.45) is 5.41 Å². The highest BCUT2D eigenvalue weighted by Crippen LogP contribution is 2.56. The Hall–Kier alpha value is -3.35. The molecule has 1 spiro atoms. The second-order valence-corrected chi connectivity index (χ2v) is 12.0. The first kappa shape index (κ1) is 24.7. The van der Waals surface area contributed by atoms with Crippen LogP contribution in [-0.2, 0) is 0 Å². The molecule has 1 aliphatic heterocycles. The number of benzene rings is 2. The summed E-state index contributed by atoms with van der Waals surface area (Å²) < 4.78 is 5.90. The van der Waals surface area contributed by atoms with Crippen LogP contribution in [0.15, 0.2) is 53.1 Å². The number of aromatic carboxylic acids is 1. The summed E-state index contributed by atoms with van der Waals surface area (Å²) in [4.78, 5) is 18.1. The van der Waals surface area contributed by atoms with Gasteiger partial charge in [0.1, 0.15) is 17.1 Å². The van der Waals surface area contributed by atoms with Gasteiger partial charge < -0.3 is 14.5 Å². The largest absolute Gasteiger partial charge is 0.477 e. The van der Waals surface area contributed by atoms with Gasteiger partial charge in [-0.1, -0.05) is 40.5 Å².